The molecule has 0 saturated carbocycles. The number of methoxy groups -OCH3 is 2. The molecule has 1 amide bonds. The number of benzene rings is 2. The largest absolute Gasteiger partial charge is 0.497 e. The van der Waals surface area contributed by atoms with Crippen molar-refractivity contribution in [3.8, 4) is 11.5 Å². The third-order valence-electron chi connectivity index (χ3n) is 5.36. The Hall–Kier alpha value is -4.01. The summed E-state index contributed by atoms with van der Waals surface area (Å²) in [5.74, 6) is 1.81. The Morgan fingerprint density at radius 3 is 2.44 bits per heavy atom. The Kier molecular flexibility index (Phi) is 5.72. The van der Waals surface area contributed by atoms with E-state index >= 15 is 0 Å². The summed E-state index contributed by atoms with van der Waals surface area (Å²) in [6, 6.07) is 12.3. The van der Waals surface area contributed by atoms with Crippen molar-refractivity contribution >= 4 is 34.0 Å². The molecule has 1 aliphatic rings. The number of ketones is 1. The van der Waals surface area contributed by atoms with Crippen molar-refractivity contribution in [3.05, 3.63) is 54.1 Å². The maximum atomic E-state index is 13.6. The number of hydrogen-bond donors (Lipinski definition) is 3. The zero-order valence-corrected chi connectivity index (χ0v) is 18.4. The summed E-state index contributed by atoms with van der Waals surface area (Å²) in [5.41, 5.74) is 2.69. The van der Waals surface area contributed by atoms with E-state index in [4.69, 9.17) is 9.47 Å². The maximum absolute atomic E-state index is 13.6. The van der Waals surface area contributed by atoms with Gasteiger partial charge in [0.2, 0.25) is 5.91 Å². The molecule has 32 heavy (non-hydrogen) atoms. The van der Waals surface area contributed by atoms with Gasteiger partial charge < -0.3 is 30.0 Å². The van der Waals surface area contributed by atoms with Crippen LogP contribution in [-0.2, 0) is 9.59 Å². The van der Waals surface area contributed by atoms with Gasteiger partial charge in [0.1, 0.15) is 34.8 Å². The molecule has 9 nitrogen and oxygen atoms in total. The lowest BCUT2D eigenvalue weighted by atomic mass is 10.1. The predicted octanol–water partition coefficient (Wildman–Crippen LogP) is 2.06. The number of rotatable bonds is 7. The molecular formula is C23H25N5O4. The Balaban J connectivity index is 1.88. The van der Waals surface area contributed by atoms with E-state index < -0.39 is 6.04 Å². The first-order valence-electron chi connectivity index (χ1n) is 10.1. The molecule has 0 fully saturated rings. The molecule has 1 aliphatic heterocycles. The van der Waals surface area contributed by atoms with E-state index in [2.05, 4.69) is 20.6 Å². The number of fused-ring (bicyclic) bond motifs is 1. The number of nitrogens with one attached hydrogen (secondary N) is 3. The predicted molar refractivity (Wildman–Crippen MR) is 122 cm³/mol. The van der Waals surface area contributed by atoms with Gasteiger partial charge in [-0.15, -0.1) is 0 Å². The quantitative estimate of drug-likeness (QED) is 0.521. The van der Waals surface area contributed by atoms with Crippen LogP contribution in [-0.4, -0.2) is 55.5 Å². The van der Waals surface area contributed by atoms with Gasteiger partial charge in [0, 0.05) is 38.7 Å². The molecule has 1 aromatic heterocycles. The number of anilines is 1. The fraction of sp³-hybridized carbons (Fsp3) is 0.261. The number of nitrogens with zero attached hydrogens (tertiary/aromatic N) is 2. The van der Waals surface area contributed by atoms with E-state index in [1.165, 1.54) is 6.92 Å². The van der Waals surface area contributed by atoms with Crippen LogP contribution < -0.4 is 25.0 Å². The standard InChI is InChI=1S/C23H25N5O4/c1-13(29)25-12-19-21(30)20(22-26-17-7-5-6-8-18(17)27-22)23(24-2)28(19)14-9-15(31-3)11-16(10-14)32-4/h5-11,19,24H,12H2,1-4H3,(H,25,29)(H,26,27). The number of aromatic nitrogens is 2. The van der Waals surface area contributed by atoms with Crippen LogP contribution in [0, 0.1) is 0 Å². The van der Waals surface area contributed by atoms with Crippen LogP contribution in [0.2, 0.25) is 0 Å². The van der Waals surface area contributed by atoms with E-state index in [1.54, 1.807) is 27.3 Å². The highest BCUT2D eigenvalue weighted by atomic mass is 16.5. The first-order chi connectivity index (χ1) is 15.5. The van der Waals surface area contributed by atoms with Crippen molar-refractivity contribution in [1.29, 1.82) is 0 Å². The van der Waals surface area contributed by atoms with Crippen molar-refractivity contribution in [3.63, 3.8) is 0 Å². The monoisotopic (exact) mass is 435 g/mol. The second-order valence-electron chi connectivity index (χ2n) is 7.33. The van der Waals surface area contributed by atoms with E-state index in [9.17, 15) is 9.59 Å². The zero-order valence-electron chi connectivity index (χ0n) is 18.4. The number of para-hydroxylation sites is 2. The van der Waals surface area contributed by atoms with Crippen LogP contribution >= 0.6 is 0 Å². The lowest BCUT2D eigenvalue weighted by Crippen LogP contribution is -2.45. The molecular weight excluding hydrogens is 410 g/mol. The van der Waals surface area contributed by atoms with Crippen LogP contribution in [0.25, 0.3) is 16.6 Å². The number of carbonyl (C=O) groups excluding carboxylic acids is 2. The lowest BCUT2D eigenvalue weighted by Gasteiger charge is -2.29. The SMILES string of the molecule is CNC1=C(c2nc3ccccc3[nH]2)C(=O)C(CNC(C)=O)N1c1cc(OC)cc(OC)c1. The second kappa shape index (κ2) is 8.62. The number of carbonyl (C=O) groups is 2. The van der Waals surface area contributed by atoms with Gasteiger partial charge in [-0.05, 0) is 12.1 Å². The summed E-state index contributed by atoms with van der Waals surface area (Å²) in [6.07, 6.45) is 0. The van der Waals surface area contributed by atoms with Crippen molar-refractivity contribution in [2.24, 2.45) is 0 Å². The Labute approximate surface area is 185 Å². The zero-order chi connectivity index (χ0) is 22.8. The summed E-state index contributed by atoms with van der Waals surface area (Å²) in [6.45, 7) is 1.55. The summed E-state index contributed by atoms with van der Waals surface area (Å²) >= 11 is 0. The number of aromatic amines is 1. The summed E-state index contributed by atoms with van der Waals surface area (Å²) in [4.78, 5) is 35.0. The van der Waals surface area contributed by atoms with Gasteiger partial charge in [0.25, 0.3) is 0 Å². The van der Waals surface area contributed by atoms with E-state index in [-0.39, 0.29) is 18.2 Å². The third kappa shape index (κ3) is 3.73. The molecule has 2 heterocycles. The summed E-state index contributed by atoms with van der Waals surface area (Å²) in [5, 5.41) is 5.93. The summed E-state index contributed by atoms with van der Waals surface area (Å²) in [7, 11) is 4.88. The van der Waals surface area contributed by atoms with Gasteiger partial charge in [-0.1, -0.05) is 12.1 Å². The molecule has 3 aromatic rings. The first kappa shape index (κ1) is 21.2. The molecule has 1 unspecified atom stereocenters. The maximum Gasteiger partial charge on any atom is 0.216 e. The number of imidazole rings is 1. The molecule has 0 radical (unpaired) electrons. The molecule has 0 bridgehead atoms. The topological polar surface area (TPSA) is 109 Å². The smallest absolute Gasteiger partial charge is 0.216 e. The highest BCUT2D eigenvalue weighted by Crippen LogP contribution is 2.38. The molecule has 1 atom stereocenters. The number of hydrogen-bond acceptors (Lipinski definition) is 7. The number of Topliss-reactive ketones (excluding diaryl/α,β-unsaturated/α-hetero) is 1. The van der Waals surface area contributed by atoms with Crippen molar-refractivity contribution < 1.29 is 19.1 Å². The lowest BCUT2D eigenvalue weighted by molar-refractivity contribution is -0.119. The van der Waals surface area contributed by atoms with Gasteiger partial charge in [0.05, 0.1) is 30.9 Å². The number of H-pyrrole nitrogens is 1. The van der Waals surface area contributed by atoms with Gasteiger partial charge in [-0.25, -0.2) is 4.98 Å². The first-order valence-corrected chi connectivity index (χ1v) is 10.1. The molecule has 4 rings (SSSR count). The van der Waals surface area contributed by atoms with Crippen LogP contribution in [0.1, 0.15) is 12.7 Å². The minimum absolute atomic E-state index is 0.128. The fourth-order valence-electron chi connectivity index (χ4n) is 3.89. The van der Waals surface area contributed by atoms with E-state index in [0.717, 1.165) is 11.0 Å². The van der Waals surface area contributed by atoms with Gasteiger partial charge in [0.15, 0.2) is 5.78 Å². The minimum Gasteiger partial charge on any atom is -0.497 e. The van der Waals surface area contributed by atoms with Crippen LogP contribution in [0.4, 0.5) is 5.69 Å². The van der Waals surface area contributed by atoms with Gasteiger partial charge in [-0.3, -0.25) is 9.59 Å². The van der Waals surface area contributed by atoms with Crippen LogP contribution in [0.5, 0.6) is 11.5 Å². The Morgan fingerprint density at radius 2 is 1.84 bits per heavy atom. The molecule has 3 N–H and O–H groups in total. The average Bonchev–Trinajstić information content (AvgIpc) is 3.34. The fourth-order valence-corrected chi connectivity index (χ4v) is 3.89. The second-order valence-corrected chi connectivity index (χ2v) is 7.33. The highest BCUT2D eigenvalue weighted by molar-refractivity contribution is 6.28. The van der Waals surface area contributed by atoms with Gasteiger partial charge in [-0.2, -0.15) is 0 Å². The Morgan fingerprint density at radius 1 is 1.16 bits per heavy atom. The molecule has 166 valence electrons. The normalized spacial score (nSPS) is 15.9. The summed E-state index contributed by atoms with van der Waals surface area (Å²) < 4.78 is 10.8. The van der Waals surface area contributed by atoms with Crippen molar-refractivity contribution in [1.82, 2.24) is 20.6 Å². The van der Waals surface area contributed by atoms with Crippen molar-refractivity contribution in [2.45, 2.75) is 13.0 Å². The highest BCUT2D eigenvalue weighted by Gasteiger charge is 2.42. The average molecular weight is 435 g/mol. The van der Waals surface area contributed by atoms with E-state index in [1.807, 2.05) is 41.3 Å². The third-order valence-corrected chi connectivity index (χ3v) is 5.36. The van der Waals surface area contributed by atoms with Crippen LogP contribution in [0.3, 0.4) is 0 Å². The Bertz CT molecular complexity index is 1160. The van der Waals surface area contributed by atoms with Crippen molar-refractivity contribution in [2.75, 3.05) is 32.7 Å². The molecule has 2 aromatic carbocycles. The van der Waals surface area contributed by atoms with Gasteiger partial charge >= 0.3 is 0 Å². The molecule has 0 saturated heterocycles. The molecule has 0 aliphatic carbocycles. The molecule has 0 spiro atoms. The minimum atomic E-state index is -0.679. The number of ether oxygens (including phenoxy) is 2. The van der Waals surface area contributed by atoms with E-state index in [0.29, 0.717) is 34.4 Å². The number of amides is 1. The molecule has 9 heteroatoms. The van der Waals surface area contributed by atoms with Crippen LogP contribution in [0.15, 0.2) is 48.3 Å².